The number of rotatable bonds is 6. The lowest BCUT2D eigenvalue weighted by molar-refractivity contribution is -0.127. The summed E-state index contributed by atoms with van der Waals surface area (Å²) < 4.78 is 39.3. The smallest absolute Gasteiger partial charge is 0.331 e. The molecule has 2 aromatic heterocycles. The molecule has 0 unspecified atom stereocenters. The Morgan fingerprint density at radius 3 is 2.68 bits per heavy atom. The number of nitrogens with zero attached hydrogens (tertiary/aromatic N) is 5. The van der Waals surface area contributed by atoms with Crippen molar-refractivity contribution in [3.8, 4) is 0 Å². The summed E-state index contributed by atoms with van der Waals surface area (Å²) in [5, 5.41) is 14.3. The Morgan fingerprint density at radius 2 is 1.97 bits per heavy atom. The van der Waals surface area contributed by atoms with E-state index >= 15 is 0 Å². The molecule has 1 N–H and O–H groups in total. The van der Waals surface area contributed by atoms with Crippen LogP contribution < -0.4 is 5.32 Å². The number of aromatic nitrogens is 4. The first-order valence-corrected chi connectivity index (χ1v) is 11.7. The normalized spacial score (nSPS) is 16.0. The zero-order valence-electron chi connectivity index (χ0n) is 17.6. The summed E-state index contributed by atoms with van der Waals surface area (Å²) in [5.74, 6) is -0.823. The van der Waals surface area contributed by atoms with Gasteiger partial charge in [0.2, 0.25) is 5.13 Å². The summed E-state index contributed by atoms with van der Waals surface area (Å²) in [6.45, 7) is 1.15. The third-order valence-corrected chi connectivity index (χ3v) is 6.83. The number of hydrogen-bond donors (Lipinski definition) is 1. The Bertz CT molecular complexity index is 1270. The third-order valence-electron chi connectivity index (χ3n) is 5.62. The van der Waals surface area contributed by atoms with Crippen LogP contribution in [0.1, 0.15) is 55.9 Å². The molecule has 1 aliphatic heterocycles. The van der Waals surface area contributed by atoms with E-state index in [0.717, 1.165) is 18.4 Å². The van der Waals surface area contributed by atoms with Crippen LogP contribution >= 0.6 is 22.9 Å². The van der Waals surface area contributed by atoms with E-state index in [2.05, 4.69) is 20.6 Å². The molecule has 2 aliphatic rings. The number of hydrogen-bond acceptors (Lipinski definition) is 6. The van der Waals surface area contributed by atoms with Gasteiger partial charge in [0, 0.05) is 23.7 Å². The number of anilines is 1. The molecule has 1 aliphatic carbocycles. The predicted octanol–water partition coefficient (Wildman–Crippen LogP) is 4.28. The molecular formula is C21H18ClF3N6O2S. The van der Waals surface area contributed by atoms with Gasteiger partial charge in [0.1, 0.15) is 10.7 Å². The van der Waals surface area contributed by atoms with Crippen LogP contribution in [0, 0.1) is 0 Å². The van der Waals surface area contributed by atoms with Crippen molar-refractivity contribution in [3.63, 3.8) is 0 Å². The molecule has 3 aromatic rings. The van der Waals surface area contributed by atoms with E-state index in [4.69, 9.17) is 11.6 Å². The lowest BCUT2D eigenvalue weighted by atomic mass is 10.0. The fourth-order valence-electron chi connectivity index (χ4n) is 3.94. The first-order chi connectivity index (χ1) is 16.2. The summed E-state index contributed by atoms with van der Waals surface area (Å²) in [6.07, 6.45) is -3.99. The fourth-order valence-corrected chi connectivity index (χ4v) is 4.90. The monoisotopic (exact) mass is 510 g/mol. The number of carbonyl (C=O) groups is 2. The van der Waals surface area contributed by atoms with Crippen molar-refractivity contribution >= 4 is 39.9 Å². The Kier molecular flexibility index (Phi) is 5.80. The SMILES string of the molecule is O=C(Nc1nnc(CC(F)(F)F)s1)c1nn2c(c1C1CC1)C(=O)N(Cc1ccccc1Cl)CC2. The van der Waals surface area contributed by atoms with E-state index < -0.39 is 18.5 Å². The van der Waals surface area contributed by atoms with E-state index in [-0.39, 0.29) is 27.7 Å². The topological polar surface area (TPSA) is 93.0 Å². The molecule has 34 heavy (non-hydrogen) atoms. The Balaban J connectivity index is 1.39. The van der Waals surface area contributed by atoms with E-state index in [9.17, 15) is 22.8 Å². The van der Waals surface area contributed by atoms with Gasteiger partial charge >= 0.3 is 6.18 Å². The van der Waals surface area contributed by atoms with E-state index in [1.807, 2.05) is 18.2 Å². The first-order valence-electron chi connectivity index (χ1n) is 10.5. The molecule has 2 amide bonds. The number of amides is 2. The molecule has 0 spiro atoms. The maximum Gasteiger partial charge on any atom is 0.395 e. The van der Waals surface area contributed by atoms with Gasteiger partial charge in [-0.1, -0.05) is 41.1 Å². The lowest BCUT2D eigenvalue weighted by Crippen LogP contribution is -2.40. The Hall–Kier alpha value is -2.99. The summed E-state index contributed by atoms with van der Waals surface area (Å²) >= 11 is 6.92. The zero-order valence-corrected chi connectivity index (χ0v) is 19.2. The summed E-state index contributed by atoms with van der Waals surface area (Å²) in [4.78, 5) is 28.1. The van der Waals surface area contributed by atoms with Crippen molar-refractivity contribution in [2.45, 2.75) is 44.4 Å². The lowest BCUT2D eigenvalue weighted by Gasteiger charge is -2.28. The predicted molar refractivity (Wildman–Crippen MR) is 118 cm³/mol. The molecule has 0 saturated heterocycles. The molecule has 0 bridgehead atoms. The van der Waals surface area contributed by atoms with Crippen molar-refractivity contribution in [2.24, 2.45) is 0 Å². The summed E-state index contributed by atoms with van der Waals surface area (Å²) in [6, 6.07) is 7.29. The highest BCUT2D eigenvalue weighted by atomic mass is 35.5. The average molecular weight is 511 g/mol. The molecule has 3 heterocycles. The van der Waals surface area contributed by atoms with Gasteiger partial charge in [0.05, 0.1) is 13.0 Å². The highest BCUT2D eigenvalue weighted by Crippen LogP contribution is 2.44. The molecule has 1 saturated carbocycles. The fraction of sp³-hybridized carbons (Fsp3) is 0.381. The van der Waals surface area contributed by atoms with Gasteiger partial charge in [-0.15, -0.1) is 10.2 Å². The van der Waals surface area contributed by atoms with Crippen molar-refractivity contribution in [1.82, 2.24) is 24.9 Å². The second kappa shape index (κ2) is 8.66. The van der Waals surface area contributed by atoms with Gasteiger partial charge in [0.25, 0.3) is 11.8 Å². The minimum atomic E-state index is -4.42. The van der Waals surface area contributed by atoms with Gasteiger partial charge in [-0.2, -0.15) is 18.3 Å². The van der Waals surface area contributed by atoms with Crippen LogP contribution in [0.3, 0.4) is 0 Å². The highest BCUT2D eigenvalue weighted by Gasteiger charge is 2.40. The largest absolute Gasteiger partial charge is 0.395 e. The molecule has 8 nitrogen and oxygen atoms in total. The second-order valence-corrected chi connectivity index (χ2v) is 9.64. The van der Waals surface area contributed by atoms with Crippen LogP contribution in [0.5, 0.6) is 0 Å². The van der Waals surface area contributed by atoms with Crippen molar-refractivity contribution < 1.29 is 22.8 Å². The maximum atomic E-state index is 13.4. The minimum Gasteiger partial charge on any atom is -0.331 e. The van der Waals surface area contributed by atoms with Gasteiger partial charge in [-0.05, 0) is 30.4 Å². The summed E-state index contributed by atoms with van der Waals surface area (Å²) in [7, 11) is 0. The number of fused-ring (bicyclic) bond motifs is 1. The van der Waals surface area contributed by atoms with Gasteiger partial charge < -0.3 is 4.90 Å². The minimum absolute atomic E-state index is 0.0314. The van der Waals surface area contributed by atoms with Crippen LogP contribution in [-0.2, 0) is 19.5 Å². The van der Waals surface area contributed by atoms with E-state index in [0.29, 0.717) is 47.3 Å². The van der Waals surface area contributed by atoms with Crippen molar-refractivity contribution in [2.75, 3.05) is 11.9 Å². The Morgan fingerprint density at radius 1 is 1.21 bits per heavy atom. The number of halogens is 4. The molecule has 0 radical (unpaired) electrons. The van der Waals surface area contributed by atoms with Crippen LogP contribution in [0.2, 0.25) is 5.02 Å². The molecule has 1 aromatic carbocycles. The molecular weight excluding hydrogens is 493 g/mol. The standard InChI is InChI=1S/C21H18ClF3N6O2S/c22-13-4-2-1-3-12(13)10-30-7-8-31-17(19(30)33)15(11-5-6-11)16(29-31)18(32)26-20-28-27-14(34-20)9-21(23,24)25/h1-4,11H,5-10H2,(H,26,28,32). The van der Waals surface area contributed by atoms with Crippen molar-refractivity contribution in [3.05, 3.63) is 56.8 Å². The zero-order chi connectivity index (χ0) is 24.0. The van der Waals surface area contributed by atoms with Gasteiger partial charge in [-0.25, -0.2) is 0 Å². The number of benzene rings is 1. The number of alkyl halides is 3. The van der Waals surface area contributed by atoms with Crippen LogP contribution in [-0.4, -0.2) is 49.4 Å². The molecule has 5 rings (SSSR count). The van der Waals surface area contributed by atoms with Crippen molar-refractivity contribution in [1.29, 1.82) is 0 Å². The second-order valence-electron chi connectivity index (χ2n) is 8.17. The molecule has 1 fully saturated rings. The van der Waals surface area contributed by atoms with E-state index in [1.54, 1.807) is 15.6 Å². The Labute approximate surface area is 200 Å². The van der Waals surface area contributed by atoms with E-state index in [1.165, 1.54) is 0 Å². The van der Waals surface area contributed by atoms with Crippen LogP contribution in [0.15, 0.2) is 24.3 Å². The van der Waals surface area contributed by atoms with Gasteiger partial charge in [-0.3, -0.25) is 19.6 Å². The maximum absolute atomic E-state index is 13.4. The first kappa shape index (κ1) is 22.8. The average Bonchev–Trinajstić information content (AvgIpc) is 3.39. The molecule has 178 valence electrons. The van der Waals surface area contributed by atoms with Crippen LogP contribution in [0.4, 0.5) is 18.3 Å². The summed E-state index contributed by atoms with van der Waals surface area (Å²) in [5.41, 5.74) is 1.87. The highest BCUT2D eigenvalue weighted by molar-refractivity contribution is 7.15. The molecule has 0 atom stereocenters. The third kappa shape index (κ3) is 4.64. The number of nitrogens with one attached hydrogen (secondary N) is 1. The number of carbonyl (C=O) groups excluding carboxylic acids is 2. The van der Waals surface area contributed by atoms with Crippen LogP contribution in [0.25, 0.3) is 0 Å². The van der Waals surface area contributed by atoms with Gasteiger partial charge in [0.15, 0.2) is 5.69 Å². The quantitative estimate of drug-likeness (QED) is 0.534. The molecule has 13 heteroatoms.